The Kier molecular flexibility index (Phi) is 2.75. The highest BCUT2D eigenvalue weighted by atomic mass is 16.6. The van der Waals surface area contributed by atoms with Crippen LogP contribution < -0.4 is 5.32 Å². The Morgan fingerprint density at radius 2 is 2.13 bits per heavy atom. The lowest BCUT2D eigenvalue weighted by Gasteiger charge is -2.19. The molecule has 0 amide bonds. The first-order valence-corrected chi connectivity index (χ1v) is 5.91. The summed E-state index contributed by atoms with van der Waals surface area (Å²) < 4.78 is 5.39. The molecule has 1 saturated heterocycles. The third kappa shape index (κ3) is 2.71. The normalized spacial score (nSPS) is 35.3. The highest BCUT2D eigenvalue weighted by Crippen LogP contribution is 2.47. The smallest absolute Gasteiger partial charge is 0.309 e. The fourth-order valence-corrected chi connectivity index (χ4v) is 2.43. The Morgan fingerprint density at radius 3 is 2.67 bits per heavy atom. The third-order valence-corrected chi connectivity index (χ3v) is 3.25. The van der Waals surface area contributed by atoms with Crippen LogP contribution >= 0.6 is 0 Å². The van der Waals surface area contributed by atoms with E-state index in [-0.39, 0.29) is 17.5 Å². The molecule has 0 radical (unpaired) electrons. The lowest BCUT2D eigenvalue weighted by Crippen LogP contribution is -2.25. The number of rotatable bonds is 2. The van der Waals surface area contributed by atoms with Gasteiger partial charge in [0.15, 0.2) is 0 Å². The second kappa shape index (κ2) is 3.78. The number of carbonyl (C=O) groups is 1. The minimum absolute atomic E-state index is 0.0133. The molecule has 0 aromatic carbocycles. The first-order valence-electron chi connectivity index (χ1n) is 5.91. The predicted octanol–water partition coefficient (Wildman–Crippen LogP) is 1.57. The van der Waals surface area contributed by atoms with Gasteiger partial charge in [-0.25, -0.2) is 0 Å². The predicted molar refractivity (Wildman–Crippen MR) is 58.4 cm³/mol. The average Bonchev–Trinajstić information content (AvgIpc) is 2.71. The fourth-order valence-electron chi connectivity index (χ4n) is 2.43. The van der Waals surface area contributed by atoms with E-state index in [2.05, 4.69) is 5.32 Å². The van der Waals surface area contributed by atoms with Gasteiger partial charge in [0.05, 0.1) is 5.92 Å². The van der Waals surface area contributed by atoms with Crippen molar-refractivity contribution in [2.45, 2.75) is 39.2 Å². The summed E-state index contributed by atoms with van der Waals surface area (Å²) in [5, 5.41) is 3.35. The van der Waals surface area contributed by atoms with E-state index in [1.165, 1.54) is 6.42 Å². The summed E-state index contributed by atoms with van der Waals surface area (Å²) in [5.41, 5.74) is -0.335. The van der Waals surface area contributed by atoms with E-state index in [9.17, 15) is 4.79 Å². The molecule has 86 valence electrons. The molecule has 1 unspecified atom stereocenters. The SMILES string of the molecule is CC(C)(C)OC(=O)[C@H]1C[C@@H]1C1CCNC1. The quantitative estimate of drug-likeness (QED) is 0.705. The Labute approximate surface area is 91.6 Å². The molecule has 2 fully saturated rings. The summed E-state index contributed by atoms with van der Waals surface area (Å²) in [6.07, 6.45) is 2.27. The van der Waals surface area contributed by atoms with Crippen molar-refractivity contribution in [3.05, 3.63) is 0 Å². The van der Waals surface area contributed by atoms with Gasteiger partial charge in [-0.3, -0.25) is 4.79 Å². The zero-order chi connectivity index (χ0) is 11.1. The van der Waals surface area contributed by atoms with E-state index in [0.717, 1.165) is 19.5 Å². The summed E-state index contributed by atoms with van der Waals surface area (Å²) in [7, 11) is 0. The van der Waals surface area contributed by atoms with Gasteiger partial charge < -0.3 is 10.1 Å². The highest BCUT2D eigenvalue weighted by molar-refractivity contribution is 5.76. The van der Waals surface area contributed by atoms with Crippen LogP contribution in [0.2, 0.25) is 0 Å². The molecule has 0 bridgehead atoms. The molecule has 0 aromatic heterocycles. The van der Waals surface area contributed by atoms with Gasteiger partial charge in [-0.15, -0.1) is 0 Å². The summed E-state index contributed by atoms with van der Waals surface area (Å²) in [5.74, 6) is 1.51. The highest BCUT2D eigenvalue weighted by Gasteiger charge is 2.49. The monoisotopic (exact) mass is 211 g/mol. The van der Waals surface area contributed by atoms with E-state index in [1.807, 2.05) is 20.8 Å². The Morgan fingerprint density at radius 1 is 1.40 bits per heavy atom. The van der Waals surface area contributed by atoms with Crippen molar-refractivity contribution in [2.24, 2.45) is 17.8 Å². The summed E-state index contributed by atoms with van der Waals surface area (Å²) in [6, 6.07) is 0. The third-order valence-electron chi connectivity index (χ3n) is 3.25. The molecule has 1 N–H and O–H groups in total. The first-order chi connectivity index (χ1) is 6.97. The summed E-state index contributed by atoms with van der Waals surface area (Å²) in [4.78, 5) is 11.7. The van der Waals surface area contributed by atoms with E-state index >= 15 is 0 Å². The Bertz CT molecular complexity index is 251. The lowest BCUT2D eigenvalue weighted by molar-refractivity contribution is -0.157. The van der Waals surface area contributed by atoms with Crippen molar-refractivity contribution < 1.29 is 9.53 Å². The van der Waals surface area contributed by atoms with Crippen molar-refractivity contribution in [1.29, 1.82) is 0 Å². The zero-order valence-corrected chi connectivity index (χ0v) is 9.88. The molecule has 0 spiro atoms. The van der Waals surface area contributed by atoms with Gasteiger partial charge in [0.25, 0.3) is 0 Å². The minimum atomic E-state index is -0.335. The van der Waals surface area contributed by atoms with E-state index in [1.54, 1.807) is 0 Å². The second-order valence-corrected chi connectivity index (χ2v) is 5.79. The van der Waals surface area contributed by atoms with Crippen LogP contribution in [0.4, 0.5) is 0 Å². The van der Waals surface area contributed by atoms with Crippen molar-refractivity contribution in [3.8, 4) is 0 Å². The van der Waals surface area contributed by atoms with Gasteiger partial charge >= 0.3 is 5.97 Å². The minimum Gasteiger partial charge on any atom is -0.460 e. The van der Waals surface area contributed by atoms with Gasteiger partial charge in [-0.1, -0.05) is 0 Å². The molecule has 1 aliphatic carbocycles. The Balaban J connectivity index is 1.80. The molecule has 0 aromatic rings. The van der Waals surface area contributed by atoms with Crippen LogP contribution in [-0.2, 0) is 9.53 Å². The topological polar surface area (TPSA) is 38.3 Å². The molecule has 3 atom stereocenters. The van der Waals surface area contributed by atoms with Gasteiger partial charge in [0, 0.05) is 0 Å². The van der Waals surface area contributed by atoms with Gasteiger partial charge in [0.2, 0.25) is 0 Å². The maximum Gasteiger partial charge on any atom is 0.309 e. The molecule has 15 heavy (non-hydrogen) atoms. The molecular formula is C12H21NO2. The Hall–Kier alpha value is -0.570. The van der Waals surface area contributed by atoms with Crippen LogP contribution in [0.25, 0.3) is 0 Å². The largest absolute Gasteiger partial charge is 0.460 e. The van der Waals surface area contributed by atoms with E-state index < -0.39 is 0 Å². The van der Waals surface area contributed by atoms with Crippen molar-refractivity contribution >= 4 is 5.97 Å². The van der Waals surface area contributed by atoms with Gasteiger partial charge in [-0.05, 0) is 58.5 Å². The first kappa shape index (κ1) is 10.9. The molecule has 1 aliphatic heterocycles. The van der Waals surface area contributed by atoms with Crippen LogP contribution in [0.5, 0.6) is 0 Å². The molecule has 2 rings (SSSR count). The van der Waals surface area contributed by atoms with Gasteiger partial charge in [-0.2, -0.15) is 0 Å². The van der Waals surface area contributed by atoms with Crippen LogP contribution in [0.1, 0.15) is 33.6 Å². The van der Waals surface area contributed by atoms with E-state index in [4.69, 9.17) is 4.74 Å². The van der Waals surface area contributed by atoms with Crippen LogP contribution in [0.15, 0.2) is 0 Å². The van der Waals surface area contributed by atoms with Crippen molar-refractivity contribution in [3.63, 3.8) is 0 Å². The average molecular weight is 211 g/mol. The van der Waals surface area contributed by atoms with Crippen LogP contribution in [-0.4, -0.2) is 24.7 Å². The molecular weight excluding hydrogens is 190 g/mol. The number of esters is 1. The van der Waals surface area contributed by atoms with Crippen LogP contribution in [0.3, 0.4) is 0 Å². The lowest BCUT2D eigenvalue weighted by atomic mass is 10.0. The number of hydrogen-bond donors (Lipinski definition) is 1. The van der Waals surface area contributed by atoms with Crippen molar-refractivity contribution in [2.75, 3.05) is 13.1 Å². The van der Waals surface area contributed by atoms with E-state index in [0.29, 0.717) is 11.8 Å². The van der Waals surface area contributed by atoms with Gasteiger partial charge in [0.1, 0.15) is 5.60 Å². The number of ether oxygens (including phenoxy) is 1. The zero-order valence-electron chi connectivity index (χ0n) is 9.88. The molecule has 1 saturated carbocycles. The maximum absolute atomic E-state index is 11.7. The second-order valence-electron chi connectivity index (χ2n) is 5.79. The molecule has 3 nitrogen and oxygen atoms in total. The number of nitrogens with one attached hydrogen (secondary N) is 1. The van der Waals surface area contributed by atoms with Crippen LogP contribution in [0, 0.1) is 17.8 Å². The molecule has 2 aliphatic rings. The summed E-state index contributed by atoms with van der Waals surface area (Å²) in [6.45, 7) is 7.99. The number of hydrogen-bond acceptors (Lipinski definition) is 3. The fraction of sp³-hybridized carbons (Fsp3) is 0.917. The number of carbonyl (C=O) groups excluding carboxylic acids is 1. The standard InChI is InChI=1S/C12H21NO2/c1-12(2,3)15-11(14)10-6-9(10)8-4-5-13-7-8/h8-10,13H,4-7H2,1-3H3/t8?,9-,10+/m1/s1. The molecule has 1 heterocycles. The summed E-state index contributed by atoms with van der Waals surface area (Å²) >= 11 is 0. The van der Waals surface area contributed by atoms with Crippen molar-refractivity contribution in [1.82, 2.24) is 5.32 Å². The molecule has 3 heteroatoms. The maximum atomic E-state index is 11.7.